The van der Waals surface area contributed by atoms with E-state index in [2.05, 4.69) is 26.1 Å². The number of rotatable bonds is 6. The van der Waals surface area contributed by atoms with Crippen molar-refractivity contribution in [2.24, 2.45) is 7.05 Å². The molecule has 3 rings (SSSR count). The van der Waals surface area contributed by atoms with Gasteiger partial charge in [-0.25, -0.2) is 4.68 Å². The van der Waals surface area contributed by atoms with E-state index in [1.54, 1.807) is 41.0 Å². The molecule has 0 unspecified atom stereocenters. The number of nitrogens with zero attached hydrogens (tertiary/aromatic N) is 5. The van der Waals surface area contributed by atoms with Crippen molar-refractivity contribution in [3.05, 3.63) is 62.6 Å². The summed E-state index contributed by atoms with van der Waals surface area (Å²) in [4.78, 5) is 14.3. The molecular formula is C19H21BrClN5O2. The van der Waals surface area contributed by atoms with E-state index in [0.29, 0.717) is 23.0 Å². The second kappa shape index (κ2) is 8.36. The van der Waals surface area contributed by atoms with Crippen molar-refractivity contribution in [3.63, 3.8) is 0 Å². The molecule has 7 nitrogen and oxygen atoms in total. The fraction of sp³-hybridized carbons (Fsp3) is 0.316. The van der Waals surface area contributed by atoms with Crippen molar-refractivity contribution >= 4 is 33.4 Å². The van der Waals surface area contributed by atoms with Gasteiger partial charge in [0, 0.05) is 42.6 Å². The zero-order valence-electron chi connectivity index (χ0n) is 16.1. The number of ether oxygens (including phenoxy) is 1. The fourth-order valence-electron chi connectivity index (χ4n) is 2.83. The van der Waals surface area contributed by atoms with Gasteiger partial charge in [0.05, 0.1) is 10.7 Å². The van der Waals surface area contributed by atoms with Crippen LogP contribution in [0.15, 0.2) is 34.9 Å². The van der Waals surface area contributed by atoms with E-state index in [1.807, 2.05) is 31.6 Å². The van der Waals surface area contributed by atoms with Gasteiger partial charge in [-0.1, -0.05) is 27.5 Å². The predicted octanol–water partition coefficient (Wildman–Crippen LogP) is 3.96. The first kappa shape index (κ1) is 20.4. The van der Waals surface area contributed by atoms with Gasteiger partial charge in [-0.3, -0.25) is 9.48 Å². The summed E-state index contributed by atoms with van der Waals surface area (Å²) in [6.07, 6.45) is 1.70. The maximum Gasteiger partial charge on any atom is 0.274 e. The molecule has 0 N–H and O–H groups in total. The summed E-state index contributed by atoms with van der Waals surface area (Å²) in [5, 5.41) is 9.21. The van der Waals surface area contributed by atoms with Gasteiger partial charge >= 0.3 is 0 Å². The Bertz CT molecular complexity index is 1010. The summed E-state index contributed by atoms with van der Waals surface area (Å²) < 4.78 is 9.92. The SMILES string of the molecule is Cc1nn(C)c(C)c1CN(C)C(=O)c1ccn(COc2ccc(Br)cc2Cl)n1. The number of benzene rings is 1. The number of halogens is 2. The number of hydrogen-bond donors (Lipinski definition) is 0. The maximum atomic E-state index is 12.7. The second-order valence-electron chi connectivity index (χ2n) is 6.52. The van der Waals surface area contributed by atoms with Crippen LogP contribution in [0.25, 0.3) is 0 Å². The van der Waals surface area contributed by atoms with E-state index in [4.69, 9.17) is 16.3 Å². The normalized spacial score (nSPS) is 10.9. The van der Waals surface area contributed by atoms with Crippen LogP contribution in [0, 0.1) is 13.8 Å². The molecule has 3 aromatic rings. The van der Waals surface area contributed by atoms with Gasteiger partial charge in [-0.05, 0) is 38.1 Å². The summed E-state index contributed by atoms with van der Waals surface area (Å²) >= 11 is 9.50. The number of carbonyl (C=O) groups is 1. The minimum absolute atomic E-state index is 0.152. The van der Waals surface area contributed by atoms with Crippen molar-refractivity contribution in [2.45, 2.75) is 27.1 Å². The molecule has 2 heterocycles. The summed E-state index contributed by atoms with van der Waals surface area (Å²) in [6, 6.07) is 7.05. The average Bonchev–Trinajstić information content (AvgIpc) is 3.21. The van der Waals surface area contributed by atoms with E-state index >= 15 is 0 Å². The van der Waals surface area contributed by atoms with Crippen LogP contribution in [0.3, 0.4) is 0 Å². The molecular weight excluding hydrogens is 446 g/mol. The molecule has 0 bridgehead atoms. The fourth-order valence-corrected chi connectivity index (χ4v) is 3.55. The van der Waals surface area contributed by atoms with Crippen molar-refractivity contribution in [3.8, 4) is 5.75 Å². The van der Waals surface area contributed by atoms with E-state index in [1.165, 1.54) is 0 Å². The molecule has 28 heavy (non-hydrogen) atoms. The van der Waals surface area contributed by atoms with Gasteiger partial charge in [-0.15, -0.1) is 0 Å². The maximum absolute atomic E-state index is 12.7. The summed E-state index contributed by atoms with van der Waals surface area (Å²) in [5.41, 5.74) is 3.37. The molecule has 0 spiro atoms. The Kier molecular flexibility index (Phi) is 6.10. The predicted molar refractivity (Wildman–Crippen MR) is 110 cm³/mol. The van der Waals surface area contributed by atoms with Crippen LogP contribution >= 0.6 is 27.5 Å². The molecule has 0 saturated carbocycles. The lowest BCUT2D eigenvalue weighted by atomic mass is 10.2. The molecule has 2 aromatic heterocycles. The molecule has 0 aliphatic carbocycles. The Labute approximate surface area is 177 Å². The molecule has 9 heteroatoms. The summed E-state index contributed by atoms with van der Waals surface area (Å²) in [5.74, 6) is 0.385. The largest absolute Gasteiger partial charge is 0.470 e. The molecule has 148 valence electrons. The minimum atomic E-state index is -0.164. The Hall–Kier alpha value is -2.32. The molecule has 1 aromatic carbocycles. The first-order valence-electron chi connectivity index (χ1n) is 8.62. The van der Waals surface area contributed by atoms with Gasteiger partial charge in [0.15, 0.2) is 12.4 Å². The Morgan fingerprint density at radius 2 is 2.04 bits per heavy atom. The highest BCUT2D eigenvalue weighted by atomic mass is 79.9. The lowest BCUT2D eigenvalue weighted by Gasteiger charge is -2.16. The van der Waals surface area contributed by atoms with Crippen LogP contribution in [-0.4, -0.2) is 37.4 Å². The van der Waals surface area contributed by atoms with E-state index in [0.717, 1.165) is 21.4 Å². The van der Waals surface area contributed by atoms with Gasteiger partial charge in [0.25, 0.3) is 5.91 Å². The van der Waals surface area contributed by atoms with Crippen molar-refractivity contribution in [2.75, 3.05) is 7.05 Å². The zero-order chi connectivity index (χ0) is 20.4. The number of aryl methyl sites for hydroxylation is 2. The van der Waals surface area contributed by atoms with Gasteiger partial charge in [0.1, 0.15) is 5.75 Å². The molecule has 0 aliphatic rings. The monoisotopic (exact) mass is 465 g/mol. The van der Waals surface area contributed by atoms with E-state index in [-0.39, 0.29) is 12.6 Å². The van der Waals surface area contributed by atoms with Gasteiger partial charge in [-0.2, -0.15) is 10.2 Å². The Morgan fingerprint density at radius 1 is 1.29 bits per heavy atom. The number of carbonyl (C=O) groups excluding carboxylic acids is 1. The van der Waals surface area contributed by atoms with Crippen LogP contribution in [-0.2, 0) is 20.3 Å². The van der Waals surface area contributed by atoms with Gasteiger partial charge in [0.2, 0.25) is 0 Å². The highest BCUT2D eigenvalue weighted by Crippen LogP contribution is 2.27. The Morgan fingerprint density at radius 3 is 2.68 bits per heavy atom. The topological polar surface area (TPSA) is 65.2 Å². The minimum Gasteiger partial charge on any atom is -0.470 e. The molecule has 1 amide bonds. The molecule has 0 radical (unpaired) electrons. The molecule has 0 saturated heterocycles. The summed E-state index contributed by atoms with van der Waals surface area (Å²) in [6.45, 7) is 4.56. The van der Waals surface area contributed by atoms with Crippen LogP contribution in [0.5, 0.6) is 5.75 Å². The Balaban J connectivity index is 1.64. The van der Waals surface area contributed by atoms with E-state index < -0.39 is 0 Å². The van der Waals surface area contributed by atoms with Crippen molar-refractivity contribution in [1.29, 1.82) is 0 Å². The number of aromatic nitrogens is 4. The third-order valence-corrected chi connectivity index (χ3v) is 5.30. The molecule has 0 atom stereocenters. The van der Waals surface area contributed by atoms with Gasteiger partial charge < -0.3 is 9.64 Å². The smallest absolute Gasteiger partial charge is 0.274 e. The lowest BCUT2D eigenvalue weighted by molar-refractivity contribution is 0.0776. The number of hydrogen-bond acceptors (Lipinski definition) is 4. The standard InChI is InChI=1S/C19H21BrClN5O2/c1-12-15(13(2)25(4)22-12)10-24(3)19(27)17-7-8-26(23-17)11-28-18-6-5-14(20)9-16(18)21/h5-9H,10-11H2,1-4H3. The third kappa shape index (κ3) is 4.39. The third-order valence-electron chi connectivity index (χ3n) is 4.51. The highest BCUT2D eigenvalue weighted by Gasteiger charge is 2.18. The first-order chi connectivity index (χ1) is 13.3. The zero-order valence-corrected chi connectivity index (χ0v) is 18.5. The summed E-state index contributed by atoms with van der Waals surface area (Å²) in [7, 11) is 3.65. The van der Waals surface area contributed by atoms with Crippen LogP contribution in [0.2, 0.25) is 5.02 Å². The van der Waals surface area contributed by atoms with Crippen LogP contribution < -0.4 is 4.74 Å². The lowest BCUT2D eigenvalue weighted by Crippen LogP contribution is -2.27. The number of amides is 1. The second-order valence-corrected chi connectivity index (χ2v) is 7.85. The van der Waals surface area contributed by atoms with Crippen LogP contribution in [0.1, 0.15) is 27.4 Å². The molecule has 0 fully saturated rings. The first-order valence-corrected chi connectivity index (χ1v) is 9.79. The average molecular weight is 467 g/mol. The quantitative estimate of drug-likeness (QED) is 0.552. The van der Waals surface area contributed by atoms with Crippen LogP contribution in [0.4, 0.5) is 0 Å². The van der Waals surface area contributed by atoms with Crippen molar-refractivity contribution < 1.29 is 9.53 Å². The molecule has 0 aliphatic heterocycles. The highest BCUT2D eigenvalue weighted by molar-refractivity contribution is 9.10. The van der Waals surface area contributed by atoms with Crippen molar-refractivity contribution in [1.82, 2.24) is 24.5 Å². The van der Waals surface area contributed by atoms with E-state index in [9.17, 15) is 4.79 Å².